The average molecular weight is 454 g/mol. The first-order chi connectivity index (χ1) is 15.0. The van der Waals surface area contributed by atoms with Crippen LogP contribution in [0.2, 0.25) is 0 Å². The zero-order chi connectivity index (χ0) is 23.6. The molecule has 0 bridgehead atoms. The van der Waals surface area contributed by atoms with Gasteiger partial charge in [0, 0.05) is 17.4 Å². The zero-order valence-electron chi connectivity index (χ0n) is 20.1. The Bertz CT molecular complexity index is 1010. The van der Waals surface area contributed by atoms with Crippen molar-refractivity contribution in [1.82, 2.24) is 0 Å². The minimum atomic E-state index is -0.999. The maximum absolute atomic E-state index is 13.9. The summed E-state index contributed by atoms with van der Waals surface area (Å²) in [6.45, 7) is 12.4. The van der Waals surface area contributed by atoms with E-state index in [2.05, 4.69) is 44.8 Å². The minimum absolute atomic E-state index is 0.0264. The van der Waals surface area contributed by atoms with Crippen molar-refractivity contribution in [3.8, 4) is 11.8 Å². The summed E-state index contributed by atoms with van der Waals surface area (Å²) in [6.07, 6.45) is 8.51. The number of hydrogen-bond donors (Lipinski definition) is 1. The summed E-state index contributed by atoms with van der Waals surface area (Å²) in [5.41, 5.74) is 2.99. The second kappa shape index (κ2) is 9.67. The number of carboxylic acids is 1. The molecule has 2 aliphatic rings. The Labute approximate surface area is 196 Å². The Morgan fingerprint density at radius 3 is 2.41 bits per heavy atom. The average Bonchev–Trinajstić information content (AvgIpc) is 3.12. The Morgan fingerprint density at radius 2 is 1.84 bits per heavy atom. The summed E-state index contributed by atoms with van der Waals surface area (Å²) < 4.78 is 0. The molecule has 1 aromatic rings. The van der Waals surface area contributed by atoms with Crippen LogP contribution < -0.4 is 4.90 Å². The van der Waals surface area contributed by atoms with Crippen LogP contribution in [-0.4, -0.2) is 23.0 Å². The summed E-state index contributed by atoms with van der Waals surface area (Å²) >= 11 is 1.17. The number of rotatable bonds is 4. The van der Waals surface area contributed by atoms with Crippen LogP contribution in [0.25, 0.3) is 0 Å². The standard InChI is InChI=1S/C27H35NO3S/c1-17-7-10-20(11-8-17)28(25(29)22-12-9-18(2)15-19(22)3)23-16-21(13-14-27(4,5)6)32-24(23)26(30)31/h7,9,16,19-20,22H,8,10-12,15H2,1-6H3,(H,30,31)/t19-,20-,22-/m0/s1. The van der Waals surface area contributed by atoms with Crippen molar-refractivity contribution in [2.24, 2.45) is 17.3 Å². The molecule has 0 radical (unpaired) electrons. The predicted octanol–water partition coefficient (Wildman–Crippen LogP) is 6.67. The third kappa shape index (κ3) is 5.72. The third-order valence-corrected chi connectivity index (χ3v) is 7.34. The number of carbonyl (C=O) groups is 2. The highest BCUT2D eigenvalue weighted by molar-refractivity contribution is 7.15. The van der Waals surface area contributed by atoms with Crippen LogP contribution in [-0.2, 0) is 4.79 Å². The summed E-state index contributed by atoms with van der Waals surface area (Å²) in [6, 6.07) is 1.80. The molecule has 2 aliphatic carbocycles. The lowest BCUT2D eigenvalue weighted by Crippen LogP contribution is -2.46. The molecule has 0 unspecified atom stereocenters. The minimum Gasteiger partial charge on any atom is -0.477 e. The fraction of sp³-hybridized carbons (Fsp3) is 0.556. The van der Waals surface area contributed by atoms with Gasteiger partial charge in [0.15, 0.2) is 0 Å². The normalized spacial score (nSPS) is 23.5. The van der Waals surface area contributed by atoms with Gasteiger partial charge in [-0.15, -0.1) is 11.3 Å². The first kappa shape index (κ1) is 24.3. The molecule has 1 aromatic heterocycles. The molecule has 0 saturated heterocycles. The molecule has 32 heavy (non-hydrogen) atoms. The Balaban J connectivity index is 2.07. The van der Waals surface area contributed by atoms with E-state index in [9.17, 15) is 14.7 Å². The lowest BCUT2D eigenvalue weighted by atomic mass is 9.79. The first-order valence-corrected chi connectivity index (χ1v) is 12.3. The van der Waals surface area contributed by atoms with Crippen molar-refractivity contribution < 1.29 is 14.7 Å². The molecule has 1 amide bonds. The Morgan fingerprint density at radius 1 is 1.16 bits per heavy atom. The van der Waals surface area contributed by atoms with Crippen molar-refractivity contribution in [2.75, 3.05) is 4.90 Å². The predicted molar refractivity (Wildman–Crippen MR) is 132 cm³/mol. The van der Waals surface area contributed by atoms with Crippen LogP contribution in [0.4, 0.5) is 5.69 Å². The Kier molecular flexibility index (Phi) is 7.35. The highest BCUT2D eigenvalue weighted by Gasteiger charge is 2.37. The SMILES string of the molecule is CC1=CC[C@H](N(C(=O)[C@H]2CC=C(C)C[C@@H]2C)c2cc(C#CC(C)(C)C)sc2C(=O)O)CC1. The van der Waals surface area contributed by atoms with E-state index in [1.807, 2.05) is 31.7 Å². The van der Waals surface area contributed by atoms with Gasteiger partial charge in [-0.25, -0.2) is 4.79 Å². The molecule has 4 nitrogen and oxygen atoms in total. The van der Waals surface area contributed by atoms with Gasteiger partial charge in [-0.1, -0.05) is 42.1 Å². The van der Waals surface area contributed by atoms with Gasteiger partial charge >= 0.3 is 5.97 Å². The van der Waals surface area contributed by atoms with Crippen molar-refractivity contribution >= 4 is 28.9 Å². The second-order valence-electron chi connectivity index (χ2n) is 10.4. The molecule has 172 valence electrons. The number of nitrogens with zero attached hydrogens (tertiary/aromatic N) is 1. The topological polar surface area (TPSA) is 57.6 Å². The lowest BCUT2D eigenvalue weighted by molar-refractivity contribution is -0.124. The molecule has 0 aliphatic heterocycles. The number of allylic oxidation sites excluding steroid dienone is 3. The summed E-state index contributed by atoms with van der Waals surface area (Å²) in [7, 11) is 0. The van der Waals surface area contributed by atoms with Gasteiger partial charge in [-0.05, 0) is 78.7 Å². The van der Waals surface area contributed by atoms with Crippen LogP contribution >= 0.6 is 11.3 Å². The molecule has 1 N–H and O–H groups in total. The fourth-order valence-corrected chi connectivity index (χ4v) is 5.36. The van der Waals surface area contributed by atoms with E-state index in [0.717, 1.165) is 25.7 Å². The van der Waals surface area contributed by atoms with Gasteiger partial charge < -0.3 is 10.0 Å². The fourth-order valence-electron chi connectivity index (χ4n) is 4.52. The lowest BCUT2D eigenvalue weighted by Gasteiger charge is -2.38. The first-order valence-electron chi connectivity index (χ1n) is 11.5. The van der Waals surface area contributed by atoms with E-state index in [0.29, 0.717) is 17.0 Å². The van der Waals surface area contributed by atoms with E-state index in [1.165, 1.54) is 22.5 Å². The zero-order valence-corrected chi connectivity index (χ0v) is 20.9. The van der Waals surface area contributed by atoms with Gasteiger partial charge in [-0.3, -0.25) is 4.79 Å². The van der Waals surface area contributed by atoms with E-state index >= 15 is 0 Å². The van der Waals surface area contributed by atoms with Gasteiger partial charge in [-0.2, -0.15) is 0 Å². The molecule has 5 heteroatoms. The number of aromatic carboxylic acids is 1. The molecule has 1 heterocycles. The number of thiophene rings is 1. The molecular weight excluding hydrogens is 418 g/mol. The van der Waals surface area contributed by atoms with Crippen molar-refractivity contribution in [3.63, 3.8) is 0 Å². The molecule has 0 aromatic carbocycles. The van der Waals surface area contributed by atoms with Crippen molar-refractivity contribution in [1.29, 1.82) is 0 Å². The van der Waals surface area contributed by atoms with E-state index < -0.39 is 5.97 Å². The highest BCUT2D eigenvalue weighted by atomic mass is 32.1. The second-order valence-corrected chi connectivity index (χ2v) is 11.4. The number of anilines is 1. The largest absolute Gasteiger partial charge is 0.477 e. The number of amides is 1. The molecule has 0 saturated carbocycles. The maximum atomic E-state index is 13.9. The number of carbonyl (C=O) groups excluding carboxylic acids is 1. The number of carboxylic acid groups (broad SMARTS) is 1. The smallest absolute Gasteiger partial charge is 0.348 e. The van der Waals surface area contributed by atoms with Gasteiger partial charge in [0.1, 0.15) is 4.88 Å². The van der Waals surface area contributed by atoms with Crippen LogP contribution in [0.15, 0.2) is 29.4 Å². The monoisotopic (exact) mass is 453 g/mol. The maximum Gasteiger partial charge on any atom is 0.348 e. The van der Waals surface area contributed by atoms with Crippen LogP contribution in [0, 0.1) is 29.1 Å². The highest BCUT2D eigenvalue weighted by Crippen LogP contribution is 2.39. The summed E-state index contributed by atoms with van der Waals surface area (Å²) in [5.74, 6) is 5.50. The van der Waals surface area contributed by atoms with Crippen LogP contribution in [0.1, 0.15) is 88.2 Å². The van der Waals surface area contributed by atoms with E-state index in [-0.39, 0.29) is 34.1 Å². The van der Waals surface area contributed by atoms with Crippen molar-refractivity contribution in [3.05, 3.63) is 39.1 Å². The molecule has 3 atom stereocenters. The van der Waals surface area contributed by atoms with Gasteiger partial charge in [0.05, 0.1) is 10.6 Å². The number of hydrogen-bond acceptors (Lipinski definition) is 3. The summed E-state index contributed by atoms with van der Waals surface area (Å²) in [5, 5.41) is 9.98. The van der Waals surface area contributed by atoms with Gasteiger partial charge in [0.2, 0.25) is 5.91 Å². The Hall–Kier alpha value is -2.32. The van der Waals surface area contributed by atoms with Crippen LogP contribution in [0.5, 0.6) is 0 Å². The summed E-state index contributed by atoms with van der Waals surface area (Å²) in [4.78, 5) is 28.9. The third-order valence-electron chi connectivity index (χ3n) is 6.31. The molecule has 0 spiro atoms. The van der Waals surface area contributed by atoms with Crippen molar-refractivity contribution in [2.45, 2.75) is 79.7 Å². The van der Waals surface area contributed by atoms with E-state index in [1.54, 1.807) is 0 Å². The van der Waals surface area contributed by atoms with Gasteiger partial charge in [0.25, 0.3) is 0 Å². The van der Waals surface area contributed by atoms with Crippen LogP contribution in [0.3, 0.4) is 0 Å². The quantitative estimate of drug-likeness (QED) is 0.409. The molecular formula is C27H35NO3S. The molecule has 0 fully saturated rings. The molecule has 3 rings (SSSR count). The van der Waals surface area contributed by atoms with E-state index in [4.69, 9.17) is 0 Å².